The van der Waals surface area contributed by atoms with Crippen LogP contribution < -0.4 is 10.7 Å². The van der Waals surface area contributed by atoms with Crippen LogP contribution in [-0.2, 0) is 4.79 Å². The maximum atomic E-state index is 11.8. The van der Waals surface area contributed by atoms with Crippen LogP contribution in [0.2, 0.25) is 15.1 Å². The van der Waals surface area contributed by atoms with E-state index in [0.29, 0.717) is 32.2 Å². The molecule has 8 heteroatoms. The molecule has 0 spiro atoms. The first-order valence-electron chi connectivity index (χ1n) is 7.88. The molecule has 1 aromatic heterocycles. The van der Waals surface area contributed by atoms with Crippen molar-refractivity contribution in [2.45, 2.75) is 0 Å². The van der Waals surface area contributed by atoms with Crippen LogP contribution in [0.4, 0.5) is 5.69 Å². The molecule has 0 fully saturated rings. The molecule has 0 atom stereocenters. The standard InChI is InChI=1S/C19H14Cl3N3O2/c20-12-1-4-14(5-2-12)23-11-19(26)25-24-10-15-6-8-18(27-15)16-9-13(21)3-7-17(16)22/h1-10,23H,11H2,(H,25,26)/b24-10-. The molecule has 0 saturated carbocycles. The molecule has 1 amide bonds. The zero-order chi connectivity index (χ0) is 19.2. The van der Waals surface area contributed by atoms with E-state index in [9.17, 15) is 4.79 Å². The zero-order valence-electron chi connectivity index (χ0n) is 13.9. The Hall–Kier alpha value is -2.47. The molecular weight excluding hydrogens is 409 g/mol. The Morgan fingerprint density at radius 2 is 1.74 bits per heavy atom. The second-order valence-corrected chi connectivity index (χ2v) is 6.76. The Kier molecular flexibility index (Phi) is 6.40. The summed E-state index contributed by atoms with van der Waals surface area (Å²) in [6.45, 7) is 0.0699. The van der Waals surface area contributed by atoms with E-state index in [1.165, 1.54) is 6.21 Å². The quantitative estimate of drug-likeness (QED) is 0.409. The first kappa shape index (κ1) is 19.3. The van der Waals surface area contributed by atoms with Gasteiger partial charge >= 0.3 is 0 Å². The number of furan rings is 1. The number of anilines is 1. The smallest absolute Gasteiger partial charge is 0.259 e. The largest absolute Gasteiger partial charge is 0.455 e. The van der Waals surface area contributed by atoms with Gasteiger partial charge in [-0.15, -0.1) is 0 Å². The SMILES string of the molecule is O=C(CNc1ccc(Cl)cc1)N/N=C\c1ccc(-c2cc(Cl)ccc2Cl)o1. The van der Waals surface area contributed by atoms with Crippen LogP contribution in [0, 0.1) is 0 Å². The second kappa shape index (κ2) is 8.95. The van der Waals surface area contributed by atoms with Crippen molar-refractivity contribution in [1.82, 2.24) is 5.43 Å². The maximum absolute atomic E-state index is 11.8. The Bertz CT molecular complexity index is 969. The van der Waals surface area contributed by atoms with Crippen molar-refractivity contribution >= 4 is 52.6 Å². The summed E-state index contributed by atoms with van der Waals surface area (Å²) in [6.07, 6.45) is 1.40. The Morgan fingerprint density at radius 1 is 1.00 bits per heavy atom. The number of nitrogens with one attached hydrogen (secondary N) is 2. The van der Waals surface area contributed by atoms with Gasteiger partial charge in [0.25, 0.3) is 5.91 Å². The topological polar surface area (TPSA) is 66.6 Å². The number of hydrazone groups is 1. The molecule has 0 aliphatic carbocycles. The molecule has 1 heterocycles. The van der Waals surface area contributed by atoms with Gasteiger partial charge in [0.1, 0.15) is 11.5 Å². The second-order valence-electron chi connectivity index (χ2n) is 5.48. The summed E-state index contributed by atoms with van der Waals surface area (Å²) in [5.74, 6) is 0.720. The highest BCUT2D eigenvalue weighted by molar-refractivity contribution is 6.35. The first-order valence-corrected chi connectivity index (χ1v) is 9.01. The van der Waals surface area contributed by atoms with Crippen LogP contribution in [0.1, 0.15) is 5.76 Å². The lowest BCUT2D eigenvalue weighted by Gasteiger charge is -2.04. The molecule has 0 unspecified atom stereocenters. The minimum absolute atomic E-state index is 0.0699. The van der Waals surface area contributed by atoms with Gasteiger partial charge in [0.2, 0.25) is 0 Å². The van der Waals surface area contributed by atoms with Crippen molar-refractivity contribution in [2.24, 2.45) is 5.10 Å². The molecule has 27 heavy (non-hydrogen) atoms. The number of amides is 1. The first-order chi connectivity index (χ1) is 13.0. The number of benzene rings is 2. The van der Waals surface area contributed by atoms with Crippen LogP contribution in [0.3, 0.4) is 0 Å². The van der Waals surface area contributed by atoms with Crippen LogP contribution in [0.15, 0.2) is 64.1 Å². The molecule has 2 N–H and O–H groups in total. The third-order valence-corrected chi connectivity index (χ3v) is 4.32. The zero-order valence-corrected chi connectivity index (χ0v) is 16.1. The van der Waals surface area contributed by atoms with Gasteiger partial charge in [0, 0.05) is 21.3 Å². The third-order valence-electron chi connectivity index (χ3n) is 3.50. The van der Waals surface area contributed by atoms with Crippen molar-refractivity contribution in [3.8, 4) is 11.3 Å². The molecule has 0 radical (unpaired) electrons. The fraction of sp³-hybridized carbons (Fsp3) is 0.0526. The molecule has 0 aliphatic rings. The molecule has 0 bridgehead atoms. The maximum Gasteiger partial charge on any atom is 0.259 e. The van der Waals surface area contributed by atoms with Gasteiger partial charge in [-0.3, -0.25) is 4.79 Å². The lowest BCUT2D eigenvalue weighted by molar-refractivity contribution is -0.119. The van der Waals surface area contributed by atoms with E-state index in [4.69, 9.17) is 39.2 Å². The number of rotatable bonds is 6. The molecular formula is C19H14Cl3N3O2. The van der Waals surface area contributed by atoms with E-state index < -0.39 is 0 Å². The van der Waals surface area contributed by atoms with Gasteiger partial charge in [-0.05, 0) is 54.6 Å². The third kappa shape index (κ3) is 5.50. The molecule has 3 aromatic rings. The number of nitrogens with zero attached hydrogens (tertiary/aromatic N) is 1. The minimum Gasteiger partial charge on any atom is -0.455 e. The lowest BCUT2D eigenvalue weighted by atomic mass is 10.2. The van der Waals surface area contributed by atoms with E-state index in [-0.39, 0.29) is 12.5 Å². The molecule has 138 valence electrons. The number of hydrogen-bond acceptors (Lipinski definition) is 4. The predicted molar refractivity (Wildman–Crippen MR) is 110 cm³/mol. The van der Waals surface area contributed by atoms with Crippen molar-refractivity contribution < 1.29 is 9.21 Å². The summed E-state index contributed by atoms with van der Waals surface area (Å²) in [4.78, 5) is 11.8. The van der Waals surface area contributed by atoms with Gasteiger partial charge in [-0.25, -0.2) is 5.43 Å². The molecule has 3 rings (SSSR count). The molecule has 2 aromatic carbocycles. The van der Waals surface area contributed by atoms with E-state index in [1.807, 2.05) is 0 Å². The normalized spacial score (nSPS) is 10.9. The van der Waals surface area contributed by atoms with Gasteiger partial charge < -0.3 is 9.73 Å². The van der Waals surface area contributed by atoms with Crippen LogP contribution >= 0.6 is 34.8 Å². The fourth-order valence-electron chi connectivity index (χ4n) is 2.21. The summed E-state index contributed by atoms with van der Waals surface area (Å²) in [5.41, 5.74) is 3.88. The monoisotopic (exact) mass is 421 g/mol. The number of carbonyl (C=O) groups is 1. The van der Waals surface area contributed by atoms with Gasteiger partial charge in [-0.2, -0.15) is 5.10 Å². The summed E-state index contributed by atoms with van der Waals surface area (Å²) in [6, 6.07) is 15.6. The van der Waals surface area contributed by atoms with Gasteiger partial charge in [0.05, 0.1) is 17.8 Å². The average Bonchev–Trinajstić information content (AvgIpc) is 3.12. The Labute approximate surface area is 170 Å². The number of halogens is 3. The van der Waals surface area contributed by atoms with Crippen LogP contribution in [0.5, 0.6) is 0 Å². The van der Waals surface area contributed by atoms with Crippen LogP contribution in [0.25, 0.3) is 11.3 Å². The Morgan fingerprint density at radius 3 is 2.52 bits per heavy atom. The number of hydrogen-bond donors (Lipinski definition) is 2. The predicted octanol–water partition coefficient (Wildman–Crippen LogP) is 5.47. The fourth-order valence-corrected chi connectivity index (χ4v) is 2.72. The highest BCUT2D eigenvalue weighted by atomic mass is 35.5. The van der Waals surface area contributed by atoms with Gasteiger partial charge in [-0.1, -0.05) is 34.8 Å². The molecule has 0 saturated heterocycles. The highest BCUT2D eigenvalue weighted by Crippen LogP contribution is 2.31. The van der Waals surface area contributed by atoms with E-state index in [2.05, 4.69) is 15.8 Å². The van der Waals surface area contributed by atoms with E-state index >= 15 is 0 Å². The van der Waals surface area contributed by atoms with E-state index in [0.717, 1.165) is 5.69 Å². The summed E-state index contributed by atoms with van der Waals surface area (Å²) >= 11 is 18.0. The molecule has 5 nitrogen and oxygen atoms in total. The van der Waals surface area contributed by atoms with Crippen molar-refractivity contribution in [1.29, 1.82) is 0 Å². The van der Waals surface area contributed by atoms with Crippen molar-refractivity contribution in [3.05, 3.63) is 75.4 Å². The lowest BCUT2D eigenvalue weighted by Crippen LogP contribution is -2.25. The minimum atomic E-state index is -0.300. The molecule has 0 aliphatic heterocycles. The van der Waals surface area contributed by atoms with Crippen molar-refractivity contribution in [2.75, 3.05) is 11.9 Å². The summed E-state index contributed by atoms with van der Waals surface area (Å²) in [7, 11) is 0. The highest BCUT2D eigenvalue weighted by Gasteiger charge is 2.09. The van der Waals surface area contributed by atoms with Crippen LogP contribution in [-0.4, -0.2) is 18.7 Å². The summed E-state index contributed by atoms with van der Waals surface area (Å²) < 4.78 is 5.66. The Balaban J connectivity index is 1.54. The number of carbonyl (C=O) groups excluding carboxylic acids is 1. The van der Waals surface area contributed by atoms with Gasteiger partial charge in [0.15, 0.2) is 0 Å². The van der Waals surface area contributed by atoms with Crippen molar-refractivity contribution in [3.63, 3.8) is 0 Å². The summed E-state index contributed by atoms with van der Waals surface area (Å²) in [5, 5.41) is 8.55. The van der Waals surface area contributed by atoms with E-state index in [1.54, 1.807) is 54.6 Å². The average molecular weight is 423 g/mol.